The third kappa shape index (κ3) is 0.808. The van der Waals surface area contributed by atoms with Gasteiger partial charge in [-0.05, 0) is 13.8 Å². The molecule has 0 aromatic rings. The molecule has 12 heavy (non-hydrogen) atoms. The molecule has 0 unspecified atom stereocenters. The van der Waals surface area contributed by atoms with E-state index >= 15 is 0 Å². The van der Waals surface area contributed by atoms with Gasteiger partial charge in [0.05, 0.1) is 6.61 Å². The summed E-state index contributed by atoms with van der Waals surface area (Å²) >= 11 is 0. The first-order valence-electron chi connectivity index (χ1n) is 4.28. The van der Waals surface area contributed by atoms with Gasteiger partial charge in [0.15, 0.2) is 12.1 Å². The van der Waals surface area contributed by atoms with Crippen LogP contribution in [0.4, 0.5) is 0 Å². The van der Waals surface area contributed by atoms with Gasteiger partial charge in [0, 0.05) is 0 Å². The molecule has 4 atom stereocenters. The van der Waals surface area contributed by atoms with E-state index in [9.17, 15) is 0 Å². The monoisotopic (exact) mass is 172 g/mol. The van der Waals surface area contributed by atoms with Gasteiger partial charge in [0.25, 0.3) is 0 Å². The molecule has 3 aliphatic rings. The third-order valence-electron chi connectivity index (χ3n) is 2.53. The fraction of sp³-hybridized carbons (Fsp3) is 1.00. The molecule has 68 valence electrons. The van der Waals surface area contributed by atoms with E-state index in [0.29, 0.717) is 6.61 Å². The maximum Gasteiger partial charge on any atom is 0.187 e. The van der Waals surface area contributed by atoms with Crippen molar-refractivity contribution in [2.24, 2.45) is 0 Å². The van der Waals surface area contributed by atoms with Gasteiger partial charge in [-0.2, -0.15) is 0 Å². The first kappa shape index (κ1) is 7.26. The molecule has 3 saturated heterocycles. The van der Waals surface area contributed by atoms with Crippen molar-refractivity contribution in [3.8, 4) is 0 Å². The van der Waals surface area contributed by atoms with Crippen molar-refractivity contribution in [2.45, 2.75) is 44.2 Å². The molecule has 0 N–H and O–H groups in total. The minimum absolute atomic E-state index is 0.0150. The fourth-order valence-electron chi connectivity index (χ4n) is 2.10. The Balaban J connectivity index is 1.87. The van der Waals surface area contributed by atoms with Crippen molar-refractivity contribution in [3.05, 3.63) is 0 Å². The molecule has 0 saturated carbocycles. The predicted molar refractivity (Wildman–Crippen MR) is 38.4 cm³/mol. The maximum absolute atomic E-state index is 5.68. The third-order valence-corrected chi connectivity index (χ3v) is 2.53. The van der Waals surface area contributed by atoms with Crippen molar-refractivity contribution in [2.75, 3.05) is 6.61 Å². The van der Waals surface area contributed by atoms with Crippen LogP contribution < -0.4 is 0 Å². The van der Waals surface area contributed by atoms with E-state index in [1.165, 1.54) is 0 Å². The zero-order chi connectivity index (χ0) is 8.34. The van der Waals surface area contributed by atoms with Gasteiger partial charge in [0.2, 0.25) is 0 Å². The molecule has 0 spiro atoms. The average molecular weight is 172 g/mol. The van der Waals surface area contributed by atoms with Gasteiger partial charge in [-0.25, -0.2) is 0 Å². The second kappa shape index (κ2) is 2.01. The van der Waals surface area contributed by atoms with Gasteiger partial charge in [-0.1, -0.05) is 0 Å². The molecular weight excluding hydrogens is 160 g/mol. The molecule has 3 fully saturated rings. The molecule has 3 aliphatic heterocycles. The summed E-state index contributed by atoms with van der Waals surface area (Å²) in [5.74, 6) is -0.469. The van der Waals surface area contributed by atoms with Gasteiger partial charge < -0.3 is 18.9 Å². The van der Waals surface area contributed by atoms with Crippen molar-refractivity contribution in [1.29, 1.82) is 0 Å². The summed E-state index contributed by atoms with van der Waals surface area (Å²) < 4.78 is 22.1. The van der Waals surface area contributed by atoms with E-state index < -0.39 is 5.79 Å². The van der Waals surface area contributed by atoms with E-state index in [-0.39, 0.29) is 24.6 Å². The molecule has 4 heteroatoms. The topological polar surface area (TPSA) is 36.9 Å². The molecule has 3 rings (SSSR count). The Bertz CT molecular complexity index is 195. The highest BCUT2D eigenvalue weighted by Gasteiger charge is 2.59. The zero-order valence-electron chi connectivity index (χ0n) is 7.15. The Morgan fingerprint density at radius 2 is 1.92 bits per heavy atom. The quantitative estimate of drug-likeness (QED) is 0.525. The predicted octanol–water partition coefficient (Wildman–Crippen LogP) is 0.262. The summed E-state index contributed by atoms with van der Waals surface area (Å²) in [6.07, 6.45) is -0.0407. The summed E-state index contributed by atoms with van der Waals surface area (Å²) in [6.45, 7) is 4.49. The summed E-state index contributed by atoms with van der Waals surface area (Å²) in [7, 11) is 0. The van der Waals surface area contributed by atoms with Crippen LogP contribution in [-0.4, -0.2) is 37.0 Å². The second-order valence-corrected chi connectivity index (χ2v) is 3.94. The van der Waals surface area contributed by atoms with Crippen LogP contribution in [0.15, 0.2) is 0 Å². The fourth-order valence-corrected chi connectivity index (χ4v) is 2.10. The van der Waals surface area contributed by atoms with Gasteiger partial charge in [-0.3, -0.25) is 0 Å². The Morgan fingerprint density at radius 1 is 1.17 bits per heavy atom. The van der Waals surface area contributed by atoms with Gasteiger partial charge in [0.1, 0.15) is 18.3 Å². The van der Waals surface area contributed by atoms with Crippen molar-refractivity contribution < 1.29 is 18.9 Å². The highest BCUT2D eigenvalue weighted by Crippen LogP contribution is 2.42. The van der Waals surface area contributed by atoms with Crippen LogP contribution in [-0.2, 0) is 18.9 Å². The Hall–Kier alpha value is -0.160. The largest absolute Gasteiger partial charge is 0.347 e. The summed E-state index contributed by atoms with van der Waals surface area (Å²) in [4.78, 5) is 0. The Kier molecular flexibility index (Phi) is 1.22. The lowest BCUT2D eigenvalue weighted by atomic mass is 10.1. The SMILES string of the molecule is CC1(C)O[C@@H]2[C@H]3OC[C@H](O3)[C@@H]2O1. The number of hydrogen-bond donors (Lipinski definition) is 0. The lowest BCUT2D eigenvalue weighted by molar-refractivity contribution is -0.192. The minimum atomic E-state index is -0.469. The van der Waals surface area contributed by atoms with E-state index in [1.807, 2.05) is 13.8 Å². The van der Waals surface area contributed by atoms with Crippen LogP contribution >= 0.6 is 0 Å². The summed E-state index contributed by atoms with van der Waals surface area (Å²) in [6, 6.07) is 0. The highest BCUT2D eigenvalue weighted by atomic mass is 16.8. The summed E-state index contributed by atoms with van der Waals surface area (Å²) in [5, 5.41) is 0. The number of rotatable bonds is 0. The van der Waals surface area contributed by atoms with E-state index in [2.05, 4.69) is 0 Å². The van der Waals surface area contributed by atoms with Gasteiger partial charge >= 0.3 is 0 Å². The number of ether oxygens (including phenoxy) is 4. The lowest BCUT2D eigenvalue weighted by Crippen LogP contribution is -2.37. The molecule has 0 aliphatic carbocycles. The van der Waals surface area contributed by atoms with E-state index in [4.69, 9.17) is 18.9 Å². The molecular formula is C8H12O4. The molecule has 4 nitrogen and oxygen atoms in total. The molecule has 0 radical (unpaired) electrons. The minimum Gasteiger partial charge on any atom is -0.347 e. The molecule has 0 aromatic heterocycles. The Labute approximate surface area is 70.7 Å². The van der Waals surface area contributed by atoms with Crippen LogP contribution in [0.3, 0.4) is 0 Å². The zero-order valence-corrected chi connectivity index (χ0v) is 7.15. The van der Waals surface area contributed by atoms with Crippen molar-refractivity contribution in [1.82, 2.24) is 0 Å². The van der Waals surface area contributed by atoms with Crippen LogP contribution in [0, 0.1) is 0 Å². The van der Waals surface area contributed by atoms with Crippen LogP contribution in [0.25, 0.3) is 0 Å². The highest BCUT2D eigenvalue weighted by molar-refractivity contribution is 4.98. The van der Waals surface area contributed by atoms with E-state index in [1.54, 1.807) is 0 Å². The van der Waals surface area contributed by atoms with Crippen LogP contribution in [0.2, 0.25) is 0 Å². The molecule has 0 aromatic carbocycles. The number of hydrogen-bond acceptors (Lipinski definition) is 4. The Morgan fingerprint density at radius 3 is 2.67 bits per heavy atom. The molecule has 2 bridgehead atoms. The average Bonchev–Trinajstić information content (AvgIpc) is 2.54. The van der Waals surface area contributed by atoms with E-state index in [0.717, 1.165) is 0 Å². The first-order chi connectivity index (χ1) is 5.66. The first-order valence-corrected chi connectivity index (χ1v) is 4.28. The smallest absolute Gasteiger partial charge is 0.187 e. The molecule has 0 amide bonds. The van der Waals surface area contributed by atoms with Crippen LogP contribution in [0.5, 0.6) is 0 Å². The standard InChI is InChI=1S/C8H12O4/c1-8(2)11-5-4-3-9-7(10-4)6(5)12-8/h4-7H,3H2,1-2H3/t4-,5-,6-,7-/m0/s1. The van der Waals surface area contributed by atoms with Crippen molar-refractivity contribution >= 4 is 0 Å². The number of fused-ring (bicyclic) bond motifs is 5. The summed E-state index contributed by atoms with van der Waals surface area (Å²) in [5.41, 5.74) is 0. The lowest BCUT2D eigenvalue weighted by Gasteiger charge is -2.19. The van der Waals surface area contributed by atoms with Crippen molar-refractivity contribution in [3.63, 3.8) is 0 Å². The van der Waals surface area contributed by atoms with Crippen LogP contribution in [0.1, 0.15) is 13.8 Å². The maximum atomic E-state index is 5.68. The van der Waals surface area contributed by atoms with Gasteiger partial charge in [-0.15, -0.1) is 0 Å². The normalized spacial score (nSPS) is 54.5. The molecule has 3 heterocycles. The second-order valence-electron chi connectivity index (χ2n) is 3.94.